The highest BCUT2D eigenvalue weighted by atomic mass is 32.2. The Labute approximate surface area is 189 Å². The summed E-state index contributed by atoms with van der Waals surface area (Å²) in [5.74, 6) is 0.722. The first-order valence-electron chi connectivity index (χ1n) is 10.5. The molecule has 7 heteroatoms. The van der Waals surface area contributed by atoms with Crippen LogP contribution in [0.4, 0.5) is 5.69 Å². The van der Waals surface area contributed by atoms with Crippen molar-refractivity contribution in [1.82, 2.24) is 4.72 Å². The van der Waals surface area contributed by atoms with Gasteiger partial charge in [0.15, 0.2) is 6.61 Å². The second-order valence-electron chi connectivity index (χ2n) is 7.72. The van der Waals surface area contributed by atoms with Crippen molar-refractivity contribution in [2.75, 3.05) is 18.5 Å². The molecule has 0 unspecified atom stereocenters. The molecule has 2 N–H and O–H groups in total. The van der Waals surface area contributed by atoms with Crippen LogP contribution in [-0.4, -0.2) is 27.5 Å². The number of hydrogen-bond acceptors (Lipinski definition) is 4. The maximum Gasteiger partial charge on any atom is 0.262 e. The second-order valence-corrected chi connectivity index (χ2v) is 9.49. The van der Waals surface area contributed by atoms with Gasteiger partial charge in [0.05, 0.1) is 4.90 Å². The van der Waals surface area contributed by atoms with Crippen LogP contribution in [0.2, 0.25) is 0 Å². The molecule has 3 aromatic rings. The van der Waals surface area contributed by atoms with Crippen LogP contribution in [0.15, 0.2) is 83.8 Å². The molecule has 0 bridgehead atoms. The predicted molar refractivity (Wildman–Crippen MR) is 126 cm³/mol. The van der Waals surface area contributed by atoms with E-state index in [2.05, 4.69) is 23.9 Å². The van der Waals surface area contributed by atoms with Crippen LogP contribution < -0.4 is 14.8 Å². The fourth-order valence-electron chi connectivity index (χ4n) is 3.07. The van der Waals surface area contributed by atoms with Crippen LogP contribution in [0.25, 0.3) is 0 Å². The number of ether oxygens (including phenoxy) is 1. The van der Waals surface area contributed by atoms with Gasteiger partial charge in [-0.15, -0.1) is 0 Å². The van der Waals surface area contributed by atoms with Gasteiger partial charge in [-0.25, -0.2) is 13.1 Å². The van der Waals surface area contributed by atoms with Gasteiger partial charge in [0.25, 0.3) is 5.91 Å². The Balaban J connectivity index is 1.48. The van der Waals surface area contributed by atoms with Crippen molar-refractivity contribution in [1.29, 1.82) is 0 Å². The van der Waals surface area contributed by atoms with E-state index in [-0.39, 0.29) is 17.4 Å². The molecule has 0 aliphatic carbocycles. The number of hydrogen-bond donors (Lipinski definition) is 2. The van der Waals surface area contributed by atoms with E-state index in [1.165, 1.54) is 17.7 Å². The van der Waals surface area contributed by atoms with Gasteiger partial charge in [0, 0.05) is 12.2 Å². The van der Waals surface area contributed by atoms with E-state index in [0.29, 0.717) is 30.3 Å². The Morgan fingerprint density at radius 1 is 0.906 bits per heavy atom. The molecule has 0 aromatic heterocycles. The number of benzene rings is 3. The minimum atomic E-state index is -3.62. The lowest BCUT2D eigenvalue weighted by Gasteiger charge is -2.10. The van der Waals surface area contributed by atoms with Gasteiger partial charge >= 0.3 is 0 Å². The van der Waals surface area contributed by atoms with Crippen molar-refractivity contribution in [3.05, 3.63) is 90.0 Å². The van der Waals surface area contributed by atoms with Gasteiger partial charge in [-0.1, -0.05) is 56.3 Å². The average Bonchev–Trinajstić information content (AvgIpc) is 2.79. The van der Waals surface area contributed by atoms with Crippen LogP contribution in [-0.2, 0) is 21.2 Å². The molecule has 3 aromatic carbocycles. The van der Waals surface area contributed by atoms with Crippen LogP contribution in [0.1, 0.15) is 30.9 Å². The molecule has 0 fully saturated rings. The summed E-state index contributed by atoms with van der Waals surface area (Å²) in [5, 5.41) is 2.71. The predicted octanol–water partition coefficient (Wildman–Crippen LogP) is 4.35. The van der Waals surface area contributed by atoms with Crippen LogP contribution in [0, 0.1) is 0 Å². The summed E-state index contributed by atoms with van der Waals surface area (Å²) in [7, 11) is -3.62. The molecule has 6 nitrogen and oxygen atoms in total. The molecule has 1 amide bonds. The number of carbonyl (C=O) groups is 1. The molecule has 0 atom stereocenters. The highest BCUT2D eigenvalue weighted by molar-refractivity contribution is 7.89. The summed E-state index contributed by atoms with van der Waals surface area (Å²) in [5.41, 5.74) is 2.76. The molecule has 0 spiro atoms. The third kappa shape index (κ3) is 6.93. The van der Waals surface area contributed by atoms with Crippen molar-refractivity contribution in [3.8, 4) is 5.75 Å². The smallest absolute Gasteiger partial charge is 0.262 e. The lowest BCUT2D eigenvalue weighted by atomic mass is 10.0. The molecule has 0 aliphatic rings. The maximum absolute atomic E-state index is 12.5. The van der Waals surface area contributed by atoms with Crippen molar-refractivity contribution in [2.45, 2.75) is 31.1 Å². The molecular formula is C25H28N2O4S. The third-order valence-corrected chi connectivity index (χ3v) is 6.39. The lowest BCUT2D eigenvalue weighted by Crippen LogP contribution is -2.26. The Kier molecular flexibility index (Phi) is 8.03. The molecule has 0 radical (unpaired) electrons. The summed E-state index contributed by atoms with van der Waals surface area (Å²) in [6.07, 6.45) is 0.606. The first-order valence-corrected chi connectivity index (χ1v) is 12.0. The Bertz CT molecular complexity index is 1110. The zero-order valence-electron chi connectivity index (χ0n) is 18.2. The van der Waals surface area contributed by atoms with Gasteiger partial charge in [0.1, 0.15) is 5.75 Å². The summed E-state index contributed by atoms with van der Waals surface area (Å²) >= 11 is 0. The van der Waals surface area contributed by atoms with E-state index in [0.717, 1.165) is 5.56 Å². The average molecular weight is 453 g/mol. The molecule has 0 saturated heterocycles. The molecule has 0 saturated carbocycles. The summed E-state index contributed by atoms with van der Waals surface area (Å²) < 4.78 is 33.0. The topological polar surface area (TPSA) is 84.5 Å². The van der Waals surface area contributed by atoms with E-state index < -0.39 is 10.0 Å². The number of carbonyl (C=O) groups excluding carboxylic acids is 1. The van der Waals surface area contributed by atoms with E-state index in [9.17, 15) is 13.2 Å². The number of amides is 1. The molecule has 32 heavy (non-hydrogen) atoms. The number of anilines is 1. The van der Waals surface area contributed by atoms with Gasteiger partial charge in [-0.2, -0.15) is 0 Å². The Hall–Kier alpha value is -3.16. The van der Waals surface area contributed by atoms with Gasteiger partial charge in [-0.3, -0.25) is 4.79 Å². The largest absolute Gasteiger partial charge is 0.484 e. The fourth-order valence-corrected chi connectivity index (χ4v) is 4.10. The zero-order valence-corrected chi connectivity index (χ0v) is 19.1. The third-order valence-electron chi connectivity index (χ3n) is 4.91. The van der Waals surface area contributed by atoms with E-state index in [4.69, 9.17) is 4.74 Å². The molecule has 0 heterocycles. The summed E-state index contributed by atoms with van der Waals surface area (Å²) in [6, 6.07) is 23.3. The van der Waals surface area contributed by atoms with Crippen molar-refractivity contribution in [3.63, 3.8) is 0 Å². The van der Waals surface area contributed by atoms with Crippen molar-refractivity contribution >= 4 is 21.6 Å². The van der Waals surface area contributed by atoms with E-state index in [1.54, 1.807) is 12.1 Å². The Morgan fingerprint density at radius 3 is 2.19 bits per heavy atom. The minimum Gasteiger partial charge on any atom is -0.484 e. The van der Waals surface area contributed by atoms with Gasteiger partial charge in [-0.05, 0) is 59.9 Å². The maximum atomic E-state index is 12.5. The Morgan fingerprint density at radius 2 is 1.56 bits per heavy atom. The quantitative estimate of drug-likeness (QED) is 0.479. The second kappa shape index (κ2) is 10.9. The molecule has 3 rings (SSSR count). The van der Waals surface area contributed by atoms with Crippen molar-refractivity contribution < 1.29 is 17.9 Å². The lowest BCUT2D eigenvalue weighted by molar-refractivity contribution is -0.118. The van der Waals surface area contributed by atoms with E-state index >= 15 is 0 Å². The summed E-state index contributed by atoms with van der Waals surface area (Å²) in [6.45, 7) is 4.39. The molecular weight excluding hydrogens is 424 g/mol. The van der Waals surface area contributed by atoms with Crippen LogP contribution >= 0.6 is 0 Å². The number of rotatable bonds is 10. The summed E-state index contributed by atoms with van der Waals surface area (Å²) in [4.78, 5) is 12.3. The minimum absolute atomic E-state index is 0.137. The SMILES string of the molecule is CC(C)c1ccc(OCC(=O)Nc2ccc(S(=O)(=O)NCCc3ccccc3)cc2)cc1. The fraction of sp³-hybridized carbons (Fsp3) is 0.240. The number of nitrogens with one attached hydrogen (secondary N) is 2. The van der Waals surface area contributed by atoms with E-state index in [1.807, 2.05) is 54.6 Å². The van der Waals surface area contributed by atoms with Crippen LogP contribution in [0.3, 0.4) is 0 Å². The monoisotopic (exact) mass is 452 g/mol. The standard InChI is InChI=1S/C25H28N2O4S/c1-19(2)21-8-12-23(13-9-21)31-18-25(28)27-22-10-14-24(15-11-22)32(29,30)26-17-16-20-6-4-3-5-7-20/h3-15,19,26H,16-18H2,1-2H3,(H,27,28). The van der Waals surface area contributed by atoms with Gasteiger partial charge < -0.3 is 10.1 Å². The molecule has 168 valence electrons. The first kappa shape index (κ1) is 23.5. The zero-order chi connectivity index (χ0) is 23.0. The molecule has 0 aliphatic heterocycles. The normalized spacial score (nSPS) is 11.3. The highest BCUT2D eigenvalue weighted by Gasteiger charge is 2.13. The highest BCUT2D eigenvalue weighted by Crippen LogP contribution is 2.19. The first-order chi connectivity index (χ1) is 15.3. The van der Waals surface area contributed by atoms with Crippen LogP contribution in [0.5, 0.6) is 5.75 Å². The number of sulfonamides is 1. The van der Waals surface area contributed by atoms with Crippen molar-refractivity contribution in [2.24, 2.45) is 0 Å². The van der Waals surface area contributed by atoms with Gasteiger partial charge in [0.2, 0.25) is 10.0 Å².